The van der Waals surface area contributed by atoms with Gasteiger partial charge < -0.3 is 24.6 Å². The van der Waals surface area contributed by atoms with E-state index in [9.17, 15) is 4.79 Å². The van der Waals surface area contributed by atoms with Crippen molar-refractivity contribution >= 4 is 28.8 Å². The highest BCUT2D eigenvalue weighted by Crippen LogP contribution is 2.40. The van der Waals surface area contributed by atoms with Crippen molar-refractivity contribution in [2.24, 2.45) is 5.92 Å². The van der Waals surface area contributed by atoms with Gasteiger partial charge >= 0.3 is 0 Å². The number of aromatic nitrogens is 1. The van der Waals surface area contributed by atoms with E-state index in [0.29, 0.717) is 6.54 Å². The number of nitrogens with zero attached hydrogens (tertiary/aromatic N) is 3. The summed E-state index contributed by atoms with van der Waals surface area (Å²) in [5.74, 6) is 1.06. The molecule has 3 aliphatic rings. The van der Waals surface area contributed by atoms with Gasteiger partial charge in [0.15, 0.2) is 0 Å². The average Bonchev–Trinajstić information content (AvgIpc) is 3.05. The maximum Gasteiger partial charge on any atom is 0.230 e. The van der Waals surface area contributed by atoms with Gasteiger partial charge in [-0.2, -0.15) is 0 Å². The van der Waals surface area contributed by atoms with Crippen molar-refractivity contribution < 1.29 is 14.3 Å². The fraction of sp³-hybridized carbons (Fsp3) is 0.556. The van der Waals surface area contributed by atoms with Crippen LogP contribution in [0.25, 0.3) is 0 Å². The summed E-state index contributed by atoms with van der Waals surface area (Å²) < 4.78 is 11.7. The number of rotatable bonds is 5. The third kappa shape index (κ3) is 4.91. The van der Waals surface area contributed by atoms with Crippen molar-refractivity contribution in [2.45, 2.75) is 64.7 Å². The van der Waals surface area contributed by atoms with Crippen molar-refractivity contribution in [1.29, 1.82) is 0 Å². The van der Waals surface area contributed by atoms with Gasteiger partial charge in [-0.15, -0.1) is 0 Å². The Morgan fingerprint density at radius 1 is 1.21 bits per heavy atom. The molecule has 1 saturated carbocycles. The minimum absolute atomic E-state index is 0.0231. The number of nitrogens with one attached hydrogen (secondary N) is 1. The van der Waals surface area contributed by atoms with Crippen molar-refractivity contribution in [2.75, 3.05) is 41.4 Å². The second-order valence-electron chi connectivity index (χ2n) is 9.69. The number of ether oxygens (including phenoxy) is 2. The molecule has 2 aliphatic heterocycles. The number of carbonyl (C=O) groups is 1. The molecule has 0 spiro atoms. The topological polar surface area (TPSA) is 66.9 Å². The van der Waals surface area contributed by atoms with Crippen LogP contribution in [0.2, 0.25) is 0 Å². The summed E-state index contributed by atoms with van der Waals surface area (Å²) in [6.45, 7) is 8.01. The van der Waals surface area contributed by atoms with Crippen LogP contribution >= 0.6 is 0 Å². The highest BCUT2D eigenvalue weighted by Gasteiger charge is 2.33. The van der Waals surface area contributed by atoms with Crippen molar-refractivity contribution in [3.05, 3.63) is 42.1 Å². The summed E-state index contributed by atoms with van der Waals surface area (Å²) in [6.07, 6.45) is 7.03. The van der Waals surface area contributed by atoms with Crippen molar-refractivity contribution in [3.63, 3.8) is 0 Å². The predicted molar refractivity (Wildman–Crippen MR) is 135 cm³/mol. The van der Waals surface area contributed by atoms with Gasteiger partial charge in [-0.25, -0.2) is 4.98 Å². The number of anilines is 4. The van der Waals surface area contributed by atoms with Crippen LogP contribution in [0.15, 0.2) is 36.5 Å². The molecule has 5 rings (SSSR count). The van der Waals surface area contributed by atoms with Crippen LogP contribution in [0.4, 0.5) is 22.9 Å². The summed E-state index contributed by atoms with van der Waals surface area (Å²) >= 11 is 0. The Morgan fingerprint density at radius 3 is 2.76 bits per heavy atom. The third-order valence-electron chi connectivity index (χ3n) is 7.41. The molecule has 1 atom stereocenters. The van der Waals surface area contributed by atoms with E-state index in [0.717, 1.165) is 86.9 Å². The molecule has 1 unspecified atom stereocenters. The number of carbonyl (C=O) groups excluding carboxylic acids is 1. The number of amides is 1. The normalized spacial score (nSPS) is 23.4. The minimum atomic E-state index is 0.0231. The Hall–Kier alpha value is -2.64. The Kier molecular flexibility index (Phi) is 7.02. The van der Waals surface area contributed by atoms with Gasteiger partial charge in [0.1, 0.15) is 5.82 Å². The van der Waals surface area contributed by atoms with Gasteiger partial charge in [-0.1, -0.05) is 13.0 Å². The quantitative estimate of drug-likeness (QED) is 0.680. The number of fused-ring (bicyclic) bond motifs is 2. The van der Waals surface area contributed by atoms with E-state index < -0.39 is 0 Å². The molecule has 1 amide bonds. The summed E-state index contributed by atoms with van der Waals surface area (Å²) in [6, 6.07) is 10.4. The molecule has 0 radical (unpaired) electrons. The van der Waals surface area contributed by atoms with Crippen LogP contribution in [0.1, 0.15) is 51.5 Å². The second-order valence-corrected chi connectivity index (χ2v) is 9.69. The summed E-state index contributed by atoms with van der Waals surface area (Å²) in [5.41, 5.74) is 4.03. The lowest BCUT2D eigenvalue weighted by Crippen LogP contribution is -2.39. The van der Waals surface area contributed by atoms with Gasteiger partial charge in [0, 0.05) is 36.5 Å². The first-order valence-corrected chi connectivity index (χ1v) is 12.8. The van der Waals surface area contributed by atoms with Crippen LogP contribution < -0.4 is 15.1 Å². The molecular weight excluding hydrogens is 428 g/mol. The Labute approximate surface area is 202 Å². The zero-order valence-electron chi connectivity index (χ0n) is 20.3. The second kappa shape index (κ2) is 10.3. The first-order chi connectivity index (χ1) is 16.6. The first-order valence-electron chi connectivity index (χ1n) is 12.8. The van der Waals surface area contributed by atoms with E-state index in [1.165, 1.54) is 0 Å². The maximum atomic E-state index is 14.0. The van der Waals surface area contributed by atoms with Gasteiger partial charge in [-0.3, -0.25) is 4.79 Å². The molecule has 1 saturated heterocycles. The minimum Gasteiger partial charge on any atom is -0.378 e. The van der Waals surface area contributed by atoms with Crippen LogP contribution in [-0.2, 0) is 20.8 Å². The van der Waals surface area contributed by atoms with Gasteiger partial charge in [-0.05, 0) is 63.3 Å². The van der Waals surface area contributed by atoms with E-state index in [1.807, 2.05) is 11.0 Å². The largest absolute Gasteiger partial charge is 0.378 e. The molecule has 34 heavy (non-hydrogen) atoms. The van der Waals surface area contributed by atoms with Crippen molar-refractivity contribution in [1.82, 2.24) is 4.98 Å². The lowest BCUT2D eigenvalue weighted by molar-refractivity contribution is -0.124. The SMILES string of the molecule is CCC(C)O[C@H]1CC[C@H](C(=O)N2Cc3cccnc3Nc3ccc(N4CCOCC4)cc32)CC1. The van der Waals surface area contributed by atoms with E-state index in [4.69, 9.17) is 9.47 Å². The third-order valence-corrected chi connectivity index (χ3v) is 7.41. The highest BCUT2D eigenvalue weighted by atomic mass is 16.5. The number of hydrogen-bond donors (Lipinski definition) is 1. The molecular formula is C27H36N4O3. The fourth-order valence-electron chi connectivity index (χ4n) is 5.22. The van der Waals surface area contributed by atoms with Crippen LogP contribution in [0, 0.1) is 5.92 Å². The smallest absolute Gasteiger partial charge is 0.230 e. The van der Waals surface area contributed by atoms with Crippen LogP contribution in [0.5, 0.6) is 0 Å². The molecule has 3 heterocycles. The summed E-state index contributed by atoms with van der Waals surface area (Å²) in [5, 5.41) is 3.49. The molecule has 7 heteroatoms. The molecule has 0 bridgehead atoms. The zero-order valence-corrected chi connectivity index (χ0v) is 20.3. The molecule has 182 valence electrons. The monoisotopic (exact) mass is 464 g/mol. The molecule has 7 nitrogen and oxygen atoms in total. The molecule has 1 N–H and O–H groups in total. The average molecular weight is 465 g/mol. The van der Waals surface area contributed by atoms with E-state index in [2.05, 4.69) is 53.3 Å². The summed E-state index contributed by atoms with van der Waals surface area (Å²) in [7, 11) is 0. The van der Waals surface area contributed by atoms with Crippen LogP contribution in [0.3, 0.4) is 0 Å². The van der Waals surface area contributed by atoms with Gasteiger partial charge in [0.05, 0.1) is 43.3 Å². The van der Waals surface area contributed by atoms with Crippen molar-refractivity contribution in [3.8, 4) is 0 Å². The number of benzene rings is 1. The highest BCUT2D eigenvalue weighted by molar-refractivity contribution is 6.00. The molecule has 1 aliphatic carbocycles. The number of pyridine rings is 1. The fourth-order valence-corrected chi connectivity index (χ4v) is 5.22. The first kappa shape index (κ1) is 23.1. The number of hydrogen-bond acceptors (Lipinski definition) is 6. The van der Waals surface area contributed by atoms with Gasteiger partial charge in [0.25, 0.3) is 0 Å². The lowest BCUT2D eigenvalue weighted by atomic mass is 9.86. The Morgan fingerprint density at radius 2 is 2.00 bits per heavy atom. The molecule has 1 aromatic heterocycles. The lowest BCUT2D eigenvalue weighted by Gasteiger charge is -2.34. The predicted octanol–water partition coefficient (Wildman–Crippen LogP) is 4.88. The maximum absolute atomic E-state index is 14.0. The molecule has 2 fully saturated rings. The standard InChI is InChI=1S/C27H36N4O3/c1-3-19(2)34-23-9-6-20(7-10-23)27(32)31-18-21-5-4-12-28-26(21)29-24-11-8-22(17-25(24)31)30-13-15-33-16-14-30/h4-5,8,11-12,17,19-20,23H,3,6-7,9-10,13-16,18H2,1-2H3,(H,28,29)/t19?,20-,23-. The van der Waals surface area contributed by atoms with E-state index in [-0.39, 0.29) is 24.0 Å². The Bertz CT molecular complexity index is 999. The zero-order chi connectivity index (χ0) is 23.5. The summed E-state index contributed by atoms with van der Waals surface area (Å²) in [4.78, 5) is 22.8. The van der Waals surface area contributed by atoms with Crippen LogP contribution in [-0.4, -0.2) is 49.4 Å². The van der Waals surface area contributed by atoms with Gasteiger partial charge in [0.2, 0.25) is 5.91 Å². The molecule has 1 aromatic carbocycles. The molecule has 2 aromatic rings. The van der Waals surface area contributed by atoms with E-state index in [1.54, 1.807) is 6.20 Å². The number of morpholine rings is 1. The Balaban J connectivity index is 1.41. The van der Waals surface area contributed by atoms with E-state index >= 15 is 0 Å².